The Hall–Kier alpha value is -1.89. The van der Waals surface area contributed by atoms with Gasteiger partial charge in [0, 0.05) is 11.3 Å². The molecule has 1 aromatic rings. The first-order chi connectivity index (χ1) is 8.93. The van der Waals surface area contributed by atoms with Crippen molar-refractivity contribution >= 4 is 29.2 Å². The van der Waals surface area contributed by atoms with Crippen molar-refractivity contribution in [1.29, 1.82) is 0 Å². The van der Waals surface area contributed by atoms with Crippen LogP contribution in [0.1, 0.15) is 34.3 Å². The van der Waals surface area contributed by atoms with Crippen LogP contribution in [0.15, 0.2) is 12.1 Å². The van der Waals surface area contributed by atoms with Crippen LogP contribution in [0, 0.1) is 0 Å². The standard InChI is InChI=1S/C12H15NO5S/c1-2-7-3-5-9(19-7)11(16)13-8(12(17)18)4-6-10(14)15/h3,5,8H,2,4,6H2,1H3,(H,13,16)(H,14,15)(H,17,18)/t8-/m0/s1. The number of carbonyl (C=O) groups excluding carboxylic acids is 1. The minimum atomic E-state index is -1.23. The third kappa shape index (κ3) is 4.70. The largest absolute Gasteiger partial charge is 0.481 e. The number of aryl methyl sites for hydroxylation is 1. The van der Waals surface area contributed by atoms with E-state index in [9.17, 15) is 14.4 Å². The lowest BCUT2D eigenvalue weighted by Crippen LogP contribution is -2.40. The third-order valence-corrected chi connectivity index (χ3v) is 3.71. The average Bonchev–Trinajstić information content (AvgIpc) is 2.82. The van der Waals surface area contributed by atoms with Crippen LogP contribution in [-0.4, -0.2) is 34.1 Å². The number of amides is 1. The summed E-state index contributed by atoms with van der Waals surface area (Å²) in [6, 6.07) is 2.26. The molecule has 0 aliphatic heterocycles. The van der Waals surface area contributed by atoms with E-state index in [0.29, 0.717) is 4.88 Å². The highest BCUT2D eigenvalue weighted by Crippen LogP contribution is 2.17. The minimum Gasteiger partial charge on any atom is -0.481 e. The molecule has 0 aliphatic carbocycles. The first-order valence-corrected chi connectivity index (χ1v) is 6.59. The van der Waals surface area contributed by atoms with E-state index in [-0.39, 0.29) is 12.8 Å². The SMILES string of the molecule is CCc1ccc(C(=O)N[C@@H](CCC(=O)O)C(=O)O)s1. The van der Waals surface area contributed by atoms with Gasteiger partial charge in [-0.25, -0.2) is 4.79 Å². The lowest BCUT2D eigenvalue weighted by atomic mass is 10.1. The summed E-state index contributed by atoms with van der Waals surface area (Å²) < 4.78 is 0. The van der Waals surface area contributed by atoms with Crippen LogP contribution in [0.5, 0.6) is 0 Å². The van der Waals surface area contributed by atoms with Crippen molar-refractivity contribution in [3.8, 4) is 0 Å². The zero-order valence-corrected chi connectivity index (χ0v) is 11.2. The van der Waals surface area contributed by atoms with Crippen molar-refractivity contribution in [1.82, 2.24) is 5.32 Å². The van der Waals surface area contributed by atoms with Crippen molar-refractivity contribution in [2.24, 2.45) is 0 Å². The van der Waals surface area contributed by atoms with Crippen molar-refractivity contribution in [3.63, 3.8) is 0 Å². The molecule has 0 aliphatic rings. The molecule has 1 rings (SSSR count). The van der Waals surface area contributed by atoms with Crippen LogP contribution < -0.4 is 5.32 Å². The van der Waals surface area contributed by atoms with Crippen LogP contribution in [0.4, 0.5) is 0 Å². The number of nitrogens with one attached hydrogen (secondary N) is 1. The van der Waals surface area contributed by atoms with Gasteiger partial charge in [0.25, 0.3) is 5.91 Å². The van der Waals surface area contributed by atoms with Gasteiger partial charge >= 0.3 is 11.9 Å². The number of hydrogen-bond acceptors (Lipinski definition) is 4. The summed E-state index contributed by atoms with van der Waals surface area (Å²) in [5.41, 5.74) is 0. The summed E-state index contributed by atoms with van der Waals surface area (Å²) in [6.07, 6.45) is 0.365. The molecule has 0 radical (unpaired) electrons. The summed E-state index contributed by atoms with van der Waals surface area (Å²) in [4.78, 5) is 34.6. The number of carboxylic acid groups (broad SMARTS) is 2. The number of carboxylic acids is 2. The molecular weight excluding hydrogens is 270 g/mol. The van der Waals surface area contributed by atoms with E-state index < -0.39 is 23.9 Å². The van der Waals surface area contributed by atoms with E-state index in [0.717, 1.165) is 11.3 Å². The molecule has 1 amide bonds. The quantitative estimate of drug-likeness (QED) is 0.701. The maximum Gasteiger partial charge on any atom is 0.326 e. The van der Waals surface area contributed by atoms with Gasteiger partial charge in [0.1, 0.15) is 6.04 Å². The van der Waals surface area contributed by atoms with E-state index in [1.165, 1.54) is 11.3 Å². The van der Waals surface area contributed by atoms with Crippen molar-refractivity contribution in [2.45, 2.75) is 32.2 Å². The van der Waals surface area contributed by atoms with Crippen LogP contribution in [-0.2, 0) is 16.0 Å². The predicted octanol–water partition coefficient (Wildman–Crippen LogP) is 1.36. The van der Waals surface area contributed by atoms with Gasteiger partial charge in [0.05, 0.1) is 4.88 Å². The zero-order chi connectivity index (χ0) is 14.4. The van der Waals surface area contributed by atoms with Gasteiger partial charge < -0.3 is 15.5 Å². The molecule has 0 spiro atoms. The maximum atomic E-state index is 11.8. The first-order valence-electron chi connectivity index (χ1n) is 5.78. The molecule has 7 heteroatoms. The van der Waals surface area contributed by atoms with Gasteiger partial charge in [-0.3, -0.25) is 9.59 Å². The van der Waals surface area contributed by atoms with Crippen LogP contribution in [0.2, 0.25) is 0 Å². The number of rotatable bonds is 7. The van der Waals surface area contributed by atoms with Gasteiger partial charge in [-0.05, 0) is 25.0 Å². The lowest BCUT2D eigenvalue weighted by molar-refractivity contribution is -0.140. The monoisotopic (exact) mass is 285 g/mol. The summed E-state index contributed by atoms with van der Waals surface area (Å²) in [5, 5.41) is 19.8. The molecule has 0 saturated heterocycles. The van der Waals surface area contributed by atoms with Crippen LogP contribution >= 0.6 is 11.3 Å². The van der Waals surface area contributed by atoms with E-state index in [4.69, 9.17) is 10.2 Å². The van der Waals surface area contributed by atoms with Crippen molar-refractivity contribution in [2.75, 3.05) is 0 Å². The van der Waals surface area contributed by atoms with Crippen LogP contribution in [0.3, 0.4) is 0 Å². The highest BCUT2D eigenvalue weighted by molar-refractivity contribution is 7.14. The van der Waals surface area contributed by atoms with Crippen LogP contribution in [0.25, 0.3) is 0 Å². The number of aliphatic carboxylic acids is 2. The second-order valence-corrected chi connectivity index (χ2v) is 5.08. The lowest BCUT2D eigenvalue weighted by Gasteiger charge is -2.12. The Morgan fingerprint density at radius 1 is 1.32 bits per heavy atom. The predicted molar refractivity (Wildman–Crippen MR) is 69.5 cm³/mol. The summed E-state index contributed by atoms with van der Waals surface area (Å²) in [5.74, 6) is -2.81. The Balaban J connectivity index is 2.65. The van der Waals surface area contributed by atoms with Crippen molar-refractivity contribution < 1.29 is 24.6 Å². The Bertz CT molecular complexity index is 482. The molecule has 6 nitrogen and oxygen atoms in total. The highest BCUT2D eigenvalue weighted by Gasteiger charge is 2.22. The topological polar surface area (TPSA) is 104 Å². The first kappa shape index (κ1) is 15.2. The van der Waals surface area contributed by atoms with Crippen molar-refractivity contribution in [3.05, 3.63) is 21.9 Å². The Labute approximate surface area is 114 Å². The fraction of sp³-hybridized carbons (Fsp3) is 0.417. The molecule has 3 N–H and O–H groups in total. The van der Waals surface area contributed by atoms with Gasteiger partial charge in [-0.1, -0.05) is 6.92 Å². The fourth-order valence-corrected chi connectivity index (χ4v) is 2.30. The Morgan fingerprint density at radius 3 is 2.47 bits per heavy atom. The molecule has 0 unspecified atom stereocenters. The summed E-state index contributed by atoms with van der Waals surface area (Å²) in [6.45, 7) is 1.96. The van der Waals surface area contributed by atoms with Gasteiger partial charge in [0.2, 0.25) is 0 Å². The number of hydrogen-bond donors (Lipinski definition) is 3. The molecule has 1 heterocycles. The average molecular weight is 285 g/mol. The smallest absolute Gasteiger partial charge is 0.326 e. The molecule has 0 bridgehead atoms. The Kier molecular flexibility index (Phi) is 5.50. The van der Waals surface area contributed by atoms with Gasteiger partial charge in [0.15, 0.2) is 0 Å². The molecule has 19 heavy (non-hydrogen) atoms. The summed E-state index contributed by atoms with van der Waals surface area (Å²) in [7, 11) is 0. The molecule has 0 saturated carbocycles. The minimum absolute atomic E-state index is 0.136. The van der Waals surface area contributed by atoms with E-state index >= 15 is 0 Å². The molecule has 1 atom stereocenters. The van der Waals surface area contributed by atoms with E-state index in [2.05, 4.69) is 5.32 Å². The van der Waals surface area contributed by atoms with E-state index in [1.54, 1.807) is 6.07 Å². The molecule has 104 valence electrons. The molecule has 0 aromatic carbocycles. The number of thiophene rings is 1. The molecule has 0 fully saturated rings. The fourth-order valence-electron chi connectivity index (χ4n) is 1.44. The second-order valence-electron chi connectivity index (χ2n) is 3.92. The third-order valence-electron chi connectivity index (χ3n) is 2.48. The number of carbonyl (C=O) groups is 3. The highest BCUT2D eigenvalue weighted by atomic mass is 32.1. The zero-order valence-electron chi connectivity index (χ0n) is 10.4. The molecule has 1 aromatic heterocycles. The second kappa shape index (κ2) is 6.89. The van der Waals surface area contributed by atoms with Gasteiger partial charge in [-0.15, -0.1) is 11.3 Å². The van der Waals surface area contributed by atoms with E-state index in [1.807, 2.05) is 13.0 Å². The summed E-state index contributed by atoms with van der Waals surface area (Å²) >= 11 is 1.30. The normalized spacial score (nSPS) is 11.8. The maximum absolute atomic E-state index is 11.8. The Morgan fingerprint density at radius 2 is 2.00 bits per heavy atom. The molecular formula is C12H15NO5S. The van der Waals surface area contributed by atoms with Gasteiger partial charge in [-0.2, -0.15) is 0 Å².